The van der Waals surface area contributed by atoms with Gasteiger partial charge < -0.3 is 4.74 Å². The maximum absolute atomic E-state index is 8.49. The van der Waals surface area contributed by atoms with Crippen LogP contribution in [0.2, 0.25) is 0 Å². The molecule has 1 aromatic heterocycles. The minimum atomic E-state index is -4.94. The maximum atomic E-state index is 8.49. The Morgan fingerprint density at radius 2 is 1.79 bits per heavy atom. The lowest BCUT2D eigenvalue weighted by molar-refractivity contribution is -2.00. The zero-order chi connectivity index (χ0) is 11.2. The minimum Gasteiger partial charge on any atom is -0.491 e. The largest absolute Gasteiger partial charge is 0.491 e. The average Bonchev–Trinajstić information content (AvgIpc) is 2.01. The van der Waals surface area contributed by atoms with Crippen molar-refractivity contribution in [3.8, 4) is 5.75 Å². The highest BCUT2D eigenvalue weighted by Crippen LogP contribution is 2.01. The number of hydrogen-bond acceptors (Lipinski definition) is 5. The molecule has 0 spiro atoms. The van der Waals surface area contributed by atoms with Crippen LogP contribution in [0.1, 0.15) is 0 Å². The molecule has 0 bridgehead atoms. The quantitative estimate of drug-likeness (QED) is 0.449. The summed E-state index contributed by atoms with van der Waals surface area (Å²) in [7, 11) is -1.32. The first-order valence-electron chi connectivity index (χ1n) is 3.44. The summed E-state index contributed by atoms with van der Waals surface area (Å²) in [5, 5.41) is 0. The second-order valence-corrected chi connectivity index (χ2v) is 3.04. The summed E-state index contributed by atoms with van der Waals surface area (Å²) in [6, 6.07) is 3.86. The molecule has 1 heterocycles. The van der Waals surface area contributed by atoms with Gasteiger partial charge in [-0.25, -0.2) is 23.2 Å². The van der Waals surface area contributed by atoms with Crippen LogP contribution in [0.3, 0.4) is 0 Å². The molecule has 0 N–H and O–H groups in total. The van der Waals surface area contributed by atoms with E-state index in [0.29, 0.717) is 0 Å². The fraction of sp³-hybridized carbons (Fsp3) is 0.286. The van der Waals surface area contributed by atoms with Crippen LogP contribution < -0.4 is 27.9 Å². The first-order chi connectivity index (χ1) is 6.33. The third-order valence-electron chi connectivity index (χ3n) is 1.15. The lowest BCUT2D eigenvalue weighted by Crippen LogP contribution is -2.68. The molecular weight excluding hydrogens is 214 g/mol. The normalized spacial score (nSPS) is 10.1. The second kappa shape index (κ2) is 5.74. The van der Waals surface area contributed by atoms with Crippen molar-refractivity contribution in [1.29, 1.82) is 0 Å². The highest BCUT2D eigenvalue weighted by Gasteiger charge is 1.93. The van der Waals surface area contributed by atoms with E-state index in [9.17, 15) is 0 Å². The molecule has 0 atom stereocenters. The Hall–Kier alpha value is -0.920. The Morgan fingerprint density at radius 1 is 1.29 bits per heavy atom. The topological polar surface area (TPSA) is 105 Å². The number of hydrogen-bond donors (Lipinski definition) is 0. The molecule has 1 aromatic rings. The molecule has 0 saturated heterocycles. The fourth-order valence-corrected chi connectivity index (χ4v) is 0.681. The van der Waals surface area contributed by atoms with Crippen molar-refractivity contribution in [2.75, 3.05) is 7.11 Å². The third kappa shape index (κ3) is 9.17. The summed E-state index contributed by atoms with van der Waals surface area (Å²) in [6.07, 6.45) is 3.88. The highest BCUT2D eigenvalue weighted by molar-refractivity contribution is 5.11. The summed E-state index contributed by atoms with van der Waals surface area (Å²) >= 11 is 0. The Morgan fingerprint density at radius 3 is 2.07 bits per heavy atom. The van der Waals surface area contributed by atoms with E-state index in [-0.39, 0.29) is 0 Å². The van der Waals surface area contributed by atoms with Crippen LogP contribution in [0.15, 0.2) is 24.5 Å². The highest BCUT2D eigenvalue weighted by atomic mass is 35.7. The first kappa shape index (κ1) is 13.1. The predicted octanol–water partition coefficient (Wildman–Crippen LogP) is -4.24. The summed E-state index contributed by atoms with van der Waals surface area (Å²) in [4.78, 5) is 0. The van der Waals surface area contributed by atoms with Crippen molar-refractivity contribution in [3.63, 3.8) is 0 Å². The average molecular weight is 224 g/mol. The van der Waals surface area contributed by atoms with E-state index < -0.39 is 10.2 Å². The van der Waals surface area contributed by atoms with Crippen molar-refractivity contribution in [3.05, 3.63) is 24.5 Å². The van der Waals surface area contributed by atoms with E-state index >= 15 is 0 Å². The molecule has 1 rings (SSSR count). The van der Waals surface area contributed by atoms with E-state index in [1.807, 2.05) is 36.1 Å². The first-order valence-corrected chi connectivity index (χ1v) is 4.67. The standard InChI is InChI=1S/C7H10NO.ClHO4/c1-8-5-3-4-7(6-8)9-2;2-1(3,4)5/h3-6H,1-2H3;(H,2,3,4,5)/q+1;/p-1. The third-order valence-corrected chi connectivity index (χ3v) is 1.15. The van der Waals surface area contributed by atoms with Gasteiger partial charge >= 0.3 is 0 Å². The summed E-state index contributed by atoms with van der Waals surface area (Å²) in [5.41, 5.74) is 0. The number of halogens is 1. The lowest BCUT2D eigenvalue weighted by Gasteiger charge is -2.17. The number of aromatic nitrogens is 1. The van der Waals surface area contributed by atoms with Crippen molar-refractivity contribution < 1.29 is 38.2 Å². The predicted molar refractivity (Wildman–Crippen MR) is 34.2 cm³/mol. The summed E-state index contributed by atoms with van der Waals surface area (Å²) in [6.45, 7) is 0. The molecule has 80 valence electrons. The van der Waals surface area contributed by atoms with Gasteiger partial charge in [-0.1, -0.05) is 0 Å². The van der Waals surface area contributed by atoms with E-state index in [0.717, 1.165) is 5.75 Å². The lowest BCUT2D eigenvalue weighted by atomic mass is 10.4. The Labute approximate surface area is 83.3 Å². The van der Waals surface area contributed by atoms with Gasteiger partial charge in [0.2, 0.25) is 6.20 Å². The van der Waals surface area contributed by atoms with Gasteiger partial charge in [-0.15, -0.1) is 10.2 Å². The van der Waals surface area contributed by atoms with E-state index in [2.05, 4.69) is 0 Å². The summed E-state index contributed by atoms with van der Waals surface area (Å²) in [5.74, 6) is 0.889. The molecule has 0 aliphatic carbocycles. The van der Waals surface area contributed by atoms with Crippen LogP contribution in [0.5, 0.6) is 5.75 Å². The zero-order valence-electron chi connectivity index (χ0n) is 7.68. The van der Waals surface area contributed by atoms with Crippen LogP contribution in [0.4, 0.5) is 0 Å². The molecule has 0 aliphatic heterocycles. The van der Waals surface area contributed by atoms with Crippen LogP contribution >= 0.6 is 0 Å². The zero-order valence-corrected chi connectivity index (χ0v) is 8.43. The van der Waals surface area contributed by atoms with Crippen molar-refractivity contribution >= 4 is 0 Å². The monoisotopic (exact) mass is 223 g/mol. The number of methoxy groups -OCH3 is 1. The number of pyridine rings is 1. The SMILES string of the molecule is COc1ccc[n+](C)c1.[O-][Cl+3]([O-])([O-])[O-]. The molecule has 7 heteroatoms. The van der Waals surface area contributed by atoms with Gasteiger partial charge in [-0.3, -0.25) is 0 Å². The van der Waals surface area contributed by atoms with Crippen molar-refractivity contribution in [2.45, 2.75) is 0 Å². The molecule has 0 radical (unpaired) electrons. The number of rotatable bonds is 1. The van der Waals surface area contributed by atoms with Crippen LogP contribution in [0.25, 0.3) is 0 Å². The minimum absolute atomic E-state index is 0.889. The smallest absolute Gasteiger partial charge is 0.210 e. The Bertz CT molecular complexity index is 269. The molecule has 0 aromatic carbocycles. The molecule has 0 saturated carbocycles. The molecule has 0 amide bonds. The summed E-state index contributed by atoms with van der Waals surface area (Å²) < 4.78 is 40.9. The van der Waals surface area contributed by atoms with Gasteiger partial charge in [0.25, 0.3) is 0 Å². The van der Waals surface area contributed by atoms with Gasteiger partial charge in [-0.2, -0.15) is 0 Å². The number of ether oxygens (including phenoxy) is 1. The van der Waals surface area contributed by atoms with Gasteiger partial charge in [0.05, 0.1) is 7.11 Å². The number of nitrogens with zero attached hydrogens (tertiary/aromatic N) is 1. The van der Waals surface area contributed by atoms with Gasteiger partial charge in [-0.05, 0) is 6.07 Å². The molecule has 0 unspecified atom stereocenters. The van der Waals surface area contributed by atoms with Crippen LogP contribution in [0, 0.1) is 10.2 Å². The van der Waals surface area contributed by atoms with Gasteiger partial charge in [0.15, 0.2) is 11.9 Å². The fourth-order valence-electron chi connectivity index (χ4n) is 0.681. The Balaban J connectivity index is 0.000000292. The van der Waals surface area contributed by atoms with Crippen LogP contribution in [-0.4, -0.2) is 7.11 Å². The Kier molecular flexibility index (Phi) is 5.36. The molecule has 0 fully saturated rings. The maximum Gasteiger partial charge on any atom is 0.210 e. The van der Waals surface area contributed by atoms with Gasteiger partial charge in [0, 0.05) is 6.07 Å². The van der Waals surface area contributed by atoms with Crippen molar-refractivity contribution in [2.24, 2.45) is 7.05 Å². The van der Waals surface area contributed by atoms with Crippen LogP contribution in [-0.2, 0) is 7.05 Å². The molecule has 6 nitrogen and oxygen atoms in total. The van der Waals surface area contributed by atoms with Crippen molar-refractivity contribution in [1.82, 2.24) is 0 Å². The number of aryl methyl sites for hydroxylation is 1. The van der Waals surface area contributed by atoms with E-state index in [4.69, 9.17) is 23.4 Å². The molecule has 0 aliphatic rings. The van der Waals surface area contributed by atoms with E-state index in [1.54, 1.807) is 7.11 Å². The van der Waals surface area contributed by atoms with E-state index in [1.165, 1.54) is 0 Å². The van der Waals surface area contributed by atoms with Gasteiger partial charge in [0.1, 0.15) is 7.05 Å². The molecule has 14 heavy (non-hydrogen) atoms. The second-order valence-electron chi connectivity index (χ2n) is 2.29. The molecular formula is C7H10ClNO5.